The van der Waals surface area contributed by atoms with Crippen molar-refractivity contribution in [3.05, 3.63) is 56.4 Å². The minimum absolute atomic E-state index is 0.0651. The van der Waals surface area contributed by atoms with Crippen LogP contribution < -0.4 is 4.74 Å². The molecule has 2 rings (SSSR count). The zero-order valence-electron chi connectivity index (χ0n) is 15.9. The van der Waals surface area contributed by atoms with Crippen LogP contribution in [0.5, 0.6) is 5.75 Å². The second-order valence-electron chi connectivity index (χ2n) is 6.20. The number of nitrogens with zero attached hydrogens (tertiary/aromatic N) is 2. The molecule has 8 nitrogen and oxygen atoms in total. The van der Waals surface area contributed by atoms with Gasteiger partial charge in [0.2, 0.25) is 5.78 Å². The van der Waals surface area contributed by atoms with E-state index in [-0.39, 0.29) is 34.8 Å². The van der Waals surface area contributed by atoms with Crippen LogP contribution in [0.15, 0.2) is 24.3 Å². The Morgan fingerprint density at radius 2 is 1.96 bits per heavy atom. The molecule has 2 aromatic rings. The molecular formula is C19H21ClN2O6. The molecule has 0 spiro atoms. The number of ether oxygens (including phenoxy) is 2. The van der Waals surface area contributed by atoms with Gasteiger partial charge in [0.05, 0.1) is 17.1 Å². The average molecular weight is 409 g/mol. The molecule has 0 N–H and O–H groups in total. The molecule has 0 saturated carbocycles. The predicted molar refractivity (Wildman–Crippen MR) is 103 cm³/mol. The van der Waals surface area contributed by atoms with Gasteiger partial charge in [-0.15, -0.1) is 0 Å². The third kappa shape index (κ3) is 5.10. The van der Waals surface area contributed by atoms with Gasteiger partial charge in [0.1, 0.15) is 5.75 Å². The molecule has 150 valence electrons. The van der Waals surface area contributed by atoms with Gasteiger partial charge in [-0.3, -0.25) is 19.7 Å². The minimum Gasteiger partial charge on any atom is -0.484 e. The number of aryl methyl sites for hydroxylation is 1. The van der Waals surface area contributed by atoms with Gasteiger partial charge in [-0.2, -0.15) is 0 Å². The summed E-state index contributed by atoms with van der Waals surface area (Å²) in [4.78, 5) is 34.0. The number of nitro benzene ring substituents is 1. The van der Waals surface area contributed by atoms with Gasteiger partial charge in [-0.25, -0.2) is 0 Å². The molecule has 0 fully saturated rings. The van der Waals surface area contributed by atoms with E-state index in [2.05, 4.69) is 4.74 Å². The normalized spacial score (nSPS) is 10.6. The van der Waals surface area contributed by atoms with Crippen molar-refractivity contribution in [3.63, 3.8) is 0 Å². The Balaban J connectivity index is 2.04. The molecular weight excluding hydrogens is 388 g/mol. The van der Waals surface area contributed by atoms with E-state index in [9.17, 15) is 19.7 Å². The molecule has 28 heavy (non-hydrogen) atoms. The second kappa shape index (κ2) is 9.36. The summed E-state index contributed by atoms with van der Waals surface area (Å²) in [6.07, 6.45) is 0.907. The summed E-state index contributed by atoms with van der Waals surface area (Å²) in [5.74, 6) is -0.304. The molecule has 0 saturated heterocycles. The zero-order valence-corrected chi connectivity index (χ0v) is 16.6. The lowest BCUT2D eigenvalue weighted by Gasteiger charge is -2.10. The number of carbonyl (C=O) groups is 2. The van der Waals surface area contributed by atoms with Gasteiger partial charge >= 0.3 is 5.97 Å². The highest BCUT2D eigenvalue weighted by Gasteiger charge is 2.18. The van der Waals surface area contributed by atoms with E-state index < -0.39 is 4.92 Å². The van der Waals surface area contributed by atoms with Gasteiger partial charge in [0.15, 0.2) is 6.61 Å². The molecule has 1 heterocycles. The van der Waals surface area contributed by atoms with Crippen LogP contribution in [0.25, 0.3) is 0 Å². The molecule has 0 aliphatic carbocycles. The number of methoxy groups -OCH3 is 1. The van der Waals surface area contributed by atoms with E-state index in [4.69, 9.17) is 16.3 Å². The molecule has 0 atom stereocenters. The van der Waals surface area contributed by atoms with Crippen LogP contribution in [0.3, 0.4) is 0 Å². The highest BCUT2D eigenvalue weighted by Crippen LogP contribution is 2.29. The van der Waals surface area contributed by atoms with E-state index in [1.165, 1.54) is 25.3 Å². The molecule has 1 aromatic heterocycles. The summed E-state index contributed by atoms with van der Waals surface area (Å²) in [5.41, 5.74) is 2.05. The monoisotopic (exact) mass is 408 g/mol. The van der Waals surface area contributed by atoms with Crippen LogP contribution in [0.4, 0.5) is 5.69 Å². The highest BCUT2D eigenvalue weighted by atomic mass is 35.5. The van der Waals surface area contributed by atoms with Crippen LogP contribution in [0, 0.1) is 24.0 Å². The largest absolute Gasteiger partial charge is 0.484 e. The van der Waals surface area contributed by atoms with Crippen LogP contribution in [-0.4, -0.2) is 35.0 Å². The third-order valence-electron chi connectivity index (χ3n) is 4.35. The third-order valence-corrected chi connectivity index (χ3v) is 4.64. The summed E-state index contributed by atoms with van der Waals surface area (Å²) >= 11 is 5.98. The van der Waals surface area contributed by atoms with Crippen molar-refractivity contribution in [1.82, 2.24) is 4.57 Å². The van der Waals surface area contributed by atoms with Crippen molar-refractivity contribution < 1.29 is 24.0 Å². The van der Waals surface area contributed by atoms with Crippen molar-refractivity contribution in [2.45, 2.75) is 33.2 Å². The molecule has 0 radical (unpaired) electrons. The molecule has 1 aromatic carbocycles. The Kier molecular flexibility index (Phi) is 7.17. The van der Waals surface area contributed by atoms with Gasteiger partial charge in [-0.05, 0) is 32.4 Å². The first-order valence-electron chi connectivity index (χ1n) is 8.58. The Hall–Kier alpha value is -2.87. The Morgan fingerprint density at radius 3 is 2.57 bits per heavy atom. The van der Waals surface area contributed by atoms with Crippen molar-refractivity contribution in [1.29, 1.82) is 0 Å². The number of halogens is 1. The minimum atomic E-state index is -0.560. The second-order valence-corrected chi connectivity index (χ2v) is 6.61. The number of hydrogen-bond acceptors (Lipinski definition) is 6. The molecule has 9 heteroatoms. The maximum atomic E-state index is 12.6. The van der Waals surface area contributed by atoms with E-state index in [1.807, 2.05) is 18.4 Å². The van der Waals surface area contributed by atoms with Crippen LogP contribution >= 0.6 is 11.6 Å². The summed E-state index contributed by atoms with van der Waals surface area (Å²) in [7, 11) is 1.35. The van der Waals surface area contributed by atoms with Crippen molar-refractivity contribution in [3.8, 4) is 5.75 Å². The maximum Gasteiger partial charge on any atom is 0.305 e. The van der Waals surface area contributed by atoms with E-state index in [0.717, 1.165) is 11.4 Å². The smallest absolute Gasteiger partial charge is 0.305 e. The van der Waals surface area contributed by atoms with Crippen LogP contribution in [0.1, 0.15) is 34.6 Å². The van der Waals surface area contributed by atoms with Gasteiger partial charge in [-0.1, -0.05) is 11.6 Å². The van der Waals surface area contributed by atoms with Crippen LogP contribution in [0.2, 0.25) is 5.02 Å². The van der Waals surface area contributed by atoms with E-state index in [1.54, 1.807) is 6.07 Å². The quantitative estimate of drug-likeness (QED) is 0.270. The number of ketones is 1. The number of rotatable bonds is 9. The fraction of sp³-hybridized carbons (Fsp3) is 0.368. The fourth-order valence-electron chi connectivity index (χ4n) is 2.85. The Bertz CT molecular complexity index is 906. The number of hydrogen-bond donors (Lipinski definition) is 0. The number of non-ortho nitro benzene ring substituents is 1. The van der Waals surface area contributed by atoms with E-state index >= 15 is 0 Å². The standard InChI is InChI=1S/C19H21ClN2O6/c1-12-9-15(13(2)21(12)8-4-5-19(24)27-3)17(23)11-28-18-7-6-14(22(25)26)10-16(18)20/h6-7,9-10H,4-5,8,11H2,1-3H3. The van der Waals surface area contributed by atoms with Gasteiger partial charge in [0, 0.05) is 42.0 Å². The number of nitro groups is 1. The number of esters is 1. The van der Waals surface area contributed by atoms with Gasteiger partial charge < -0.3 is 14.0 Å². The van der Waals surface area contributed by atoms with Gasteiger partial charge in [0.25, 0.3) is 5.69 Å². The lowest BCUT2D eigenvalue weighted by atomic mass is 10.1. The number of aromatic nitrogens is 1. The Morgan fingerprint density at radius 1 is 1.25 bits per heavy atom. The molecule has 0 amide bonds. The molecule has 0 aliphatic rings. The van der Waals surface area contributed by atoms with Crippen LogP contribution in [-0.2, 0) is 16.1 Å². The molecule has 0 aliphatic heterocycles. The molecule has 0 unspecified atom stereocenters. The lowest BCUT2D eigenvalue weighted by molar-refractivity contribution is -0.384. The fourth-order valence-corrected chi connectivity index (χ4v) is 3.08. The summed E-state index contributed by atoms with van der Waals surface area (Å²) in [6, 6.07) is 5.58. The van der Waals surface area contributed by atoms with E-state index in [0.29, 0.717) is 24.9 Å². The van der Waals surface area contributed by atoms with Crippen molar-refractivity contribution in [2.75, 3.05) is 13.7 Å². The highest BCUT2D eigenvalue weighted by molar-refractivity contribution is 6.32. The first-order chi connectivity index (χ1) is 13.2. The number of carbonyl (C=O) groups excluding carboxylic acids is 2. The van der Waals surface area contributed by atoms with Crippen molar-refractivity contribution >= 4 is 29.0 Å². The first-order valence-corrected chi connectivity index (χ1v) is 8.96. The average Bonchev–Trinajstić information content (AvgIpc) is 2.94. The Labute approximate surface area is 167 Å². The zero-order chi connectivity index (χ0) is 20.8. The summed E-state index contributed by atoms with van der Waals surface area (Å²) in [5, 5.41) is 10.8. The maximum absolute atomic E-state index is 12.6. The summed E-state index contributed by atoms with van der Waals surface area (Å²) in [6.45, 7) is 4.06. The predicted octanol–water partition coefficient (Wildman–Crippen LogP) is 3.88. The van der Waals surface area contributed by atoms with Crippen molar-refractivity contribution in [2.24, 2.45) is 0 Å². The SMILES string of the molecule is COC(=O)CCCn1c(C)cc(C(=O)COc2ccc([N+](=O)[O-])cc2Cl)c1C. The lowest BCUT2D eigenvalue weighted by Crippen LogP contribution is -2.13. The number of benzene rings is 1. The number of Topliss-reactive ketones (excluding diaryl/α,β-unsaturated/α-hetero) is 1. The topological polar surface area (TPSA) is 101 Å². The summed E-state index contributed by atoms with van der Waals surface area (Å²) < 4.78 is 12.0. The molecule has 0 bridgehead atoms. The first kappa shape index (κ1) is 21.4.